The fraction of sp³-hybridized carbons (Fsp3) is 0.619. The van der Waals surface area contributed by atoms with Crippen LogP contribution in [0, 0.1) is 5.92 Å². The molecule has 144 valence electrons. The van der Waals surface area contributed by atoms with Gasteiger partial charge < -0.3 is 16.0 Å². The maximum atomic E-state index is 12.8. The van der Waals surface area contributed by atoms with Crippen molar-refractivity contribution in [3.8, 4) is 0 Å². The minimum absolute atomic E-state index is 0.0208. The number of piperidine rings is 1. The van der Waals surface area contributed by atoms with E-state index in [9.17, 15) is 9.59 Å². The third-order valence-corrected chi connectivity index (χ3v) is 5.34. The largest absolute Gasteiger partial charge is 0.368 e. The summed E-state index contributed by atoms with van der Waals surface area (Å²) in [4.78, 5) is 26.0. The number of carbonyl (C=O) groups is 2. The van der Waals surface area contributed by atoms with Gasteiger partial charge in [0.15, 0.2) is 0 Å². The van der Waals surface area contributed by atoms with E-state index in [2.05, 4.69) is 36.5 Å². The molecule has 0 radical (unpaired) electrons. The Labute approximate surface area is 157 Å². The molecule has 0 saturated carbocycles. The van der Waals surface area contributed by atoms with E-state index in [-0.39, 0.29) is 18.5 Å². The molecular formula is C21H33N3O2. The van der Waals surface area contributed by atoms with Gasteiger partial charge in [-0.2, -0.15) is 0 Å². The standard InChI is InChI=1S/C21H33N3O2/c1-3-4-17-5-8-19(9-6-17)16(2)24(15-20(22)25)21(26)10-7-18-11-13-23-14-12-18/h5-6,8-9,16,18,23H,3-4,7,10-15H2,1-2H3,(H2,22,25). The van der Waals surface area contributed by atoms with Crippen molar-refractivity contribution in [2.75, 3.05) is 19.6 Å². The third kappa shape index (κ3) is 6.13. The first-order valence-corrected chi connectivity index (χ1v) is 9.88. The summed E-state index contributed by atoms with van der Waals surface area (Å²) in [6.07, 6.45) is 5.77. The topological polar surface area (TPSA) is 75.4 Å². The molecular weight excluding hydrogens is 326 g/mol. The zero-order chi connectivity index (χ0) is 18.9. The van der Waals surface area contributed by atoms with Gasteiger partial charge in [-0.1, -0.05) is 37.6 Å². The SMILES string of the molecule is CCCc1ccc(C(C)N(CC(N)=O)C(=O)CCC2CCNCC2)cc1. The second kappa shape index (κ2) is 10.3. The molecule has 1 fully saturated rings. The molecule has 1 atom stereocenters. The first kappa shape index (κ1) is 20.4. The highest BCUT2D eigenvalue weighted by Crippen LogP contribution is 2.24. The van der Waals surface area contributed by atoms with Gasteiger partial charge >= 0.3 is 0 Å². The van der Waals surface area contributed by atoms with Crippen LogP contribution in [0.15, 0.2) is 24.3 Å². The lowest BCUT2D eigenvalue weighted by molar-refractivity contribution is -0.137. The van der Waals surface area contributed by atoms with Crippen LogP contribution in [0.3, 0.4) is 0 Å². The molecule has 0 aromatic heterocycles. The number of hydrogen-bond donors (Lipinski definition) is 2. The average Bonchev–Trinajstić information content (AvgIpc) is 2.65. The number of amides is 2. The Balaban J connectivity index is 2.01. The number of carbonyl (C=O) groups excluding carboxylic acids is 2. The fourth-order valence-corrected chi connectivity index (χ4v) is 3.68. The van der Waals surface area contributed by atoms with Gasteiger partial charge in [0.2, 0.25) is 11.8 Å². The van der Waals surface area contributed by atoms with Crippen LogP contribution in [0.25, 0.3) is 0 Å². The fourth-order valence-electron chi connectivity index (χ4n) is 3.68. The zero-order valence-electron chi connectivity index (χ0n) is 16.2. The molecule has 3 N–H and O–H groups in total. The predicted octanol–water partition coefficient (Wildman–Crippen LogP) is 2.79. The van der Waals surface area contributed by atoms with Crippen molar-refractivity contribution in [3.05, 3.63) is 35.4 Å². The van der Waals surface area contributed by atoms with Crippen LogP contribution < -0.4 is 11.1 Å². The molecule has 0 spiro atoms. The molecule has 1 aromatic carbocycles. The summed E-state index contributed by atoms with van der Waals surface area (Å²) in [7, 11) is 0. The van der Waals surface area contributed by atoms with Crippen LogP contribution in [0.4, 0.5) is 0 Å². The molecule has 2 rings (SSSR count). The molecule has 2 amide bonds. The molecule has 26 heavy (non-hydrogen) atoms. The Morgan fingerprint density at radius 3 is 2.46 bits per heavy atom. The van der Waals surface area contributed by atoms with E-state index >= 15 is 0 Å². The third-order valence-electron chi connectivity index (χ3n) is 5.34. The molecule has 0 aliphatic carbocycles. The van der Waals surface area contributed by atoms with E-state index in [1.165, 1.54) is 5.56 Å². The van der Waals surface area contributed by atoms with E-state index in [0.29, 0.717) is 12.3 Å². The zero-order valence-corrected chi connectivity index (χ0v) is 16.2. The lowest BCUT2D eigenvalue weighted by Crippen LogP contribution is -2.40. The number of nitrogens with zero attached hydrogens (tertiary/aromatic N) is 1. The van der Waals surface area contributed by atoms with Crippen molar-refractivity contribution in [1.29, 1.82) is 0 Å². The number of rotatable bonds is 9. The molecule has 1 saturated heterocycles. The van der Waals surface area contributed by atoms with E-state index < -0.39 is 5.91 Å². The van der Waals surface area contributed by atoms with Crippen molar-refractivity contribution in [1.82, 2.24) is 10.2 Å². The number of hydrogen-bond acceptors (Lipinski definition) is 3. The Morgan fingerprint density at radius 2 is 1.88 bits per heavy atom. The first-order chi connectivity index (χ1) is 12.5. The van der Waals surface area contributed by atoms with E-state index in [0.717, 1.165) is 50.8 Å². The molecule has 1 heterocycles. The molecule has 0 bridgehead atoms. The number of benzene rings is 1. The van der Waals surface area contributed by atoms with Gasteiger partial charge in [0, 0.05) is 6.42 Å². The van der Waals surface area contributed by atoms with Crippen molar-refractivity contribution < 1.29 is 9.59 Å². The molecule has 1 unspecified atom stereocenters. The lowest BCUT2D eigenvalue weighted by Gasteiger charge is -2.30. The number of nitrogens with one attached hydrogen (secondary N) is 1. The lowest BCUT2D eigenvalue weighted by atomic mass is 9.92. The van der Waals surface area contributed by atoms with Crippen LogP contribution in [-0.4, -0.2) is 36.3 Å². The molecule has 5 heteroatoms. The smallest absolute Gasteiger partial charge is 0.237 e. The summed E-state index contributed by atoms with van der Waals surface area (Å²) in [5.41, 5.74) is 7.75. The highest BCUT2D eigenvalue weighted by atomic mass is 16.2. The minimum atomic E-state index is -0.463. The second-order valence-corrected chi connectivity index (χ2v) is 7.39. The molecule has 1 aliphatic heterocycles. The van der Waals surface area contributed by atoms with Gasteiger partial charge in [-0.3, -0.25) is 9.59 Å². The summed E-state index contributed by atoms with van der Waals surface area (Å²) in [5.74, 6) is 0.154. The number of nitrogens with two attached hydrogens (primary N) is 1. The van der Waals surface area contributed by atoms with Crippen LogP contribution in [0.2, 0.25) is 0 Å². The first-order valence-electron chi connectivity index (χ1n) is 9.88. The van der Waals surface area contributed by atoms with Crippen molar-refractivity contribution in [3.63, 3.8) is 0 Å². The van der Waals surface area contributed by atoms with Crippen molar-refractivity contribution in [2.24, 2.45) is 11.7 Å². The van der Waals surface area contributed by atoms with Crippen molar-refractivity contribution in [2.45, 2.75) is 58.4 Å². The minimum Gasteiger partial charge on any atom is -0.368 e. The summed E-state index contributed by atoms with van der Waals surface area (Å²) in [5, 5.41) is 3.35. The van der Waals surface area contributed by atoms with Gasteiger partial charge in [-0.25, -0.2) is 0 Å². The normalized spacial score (nSPS) is 16.2. The quantitative estimate of drug-likeness (QED) is 0.712. The maximum absolute atomic E-state index is 12.8. The van der Waals surface area contributed by atoms with E-state index in [1.807, 2.05) is 6.92 Å². The van der Waals surface area contributed by atoms with Crippen LogP contribution >= 0.6 is 0 Å². The van der Waals surface area contributed by atoms with Gasteiger partial charge in [-0.15, -0.1) is 0 Å². The molecule has 1 aromatic rings. The van der Waals surface area contributed by atoms with E-state index in [1.54, 1.807) is 4.90 Å². The predicted molar refractivity (Wildman–Crippen MR) is 105 cm³/mol. The molecule has 1 aliphatic rings. The van der Waals surface area contributed by atoms with Crippen molar-refractivity contribution >= 4 is 11.8 Å². The number of aryl methyl sites for hydroxylation is 1. The Bertz CT molecular complexity index is 579. The number of primary amides is 1. The summed E-state index contributed by atoms with van der Waals surface area (Å²) >= 11 is 0. The monoisotopic (exact) mass is 359 g/mol. The van der Waals surface area contributed by atoms with Gasteiger partial charge in [0.1, 0.15) is 0 Å². The van der Waals surface area contributed by atoms with E-state index in [4.69, 9.17) is 5.73 Å². The maximum Gasteiger partial charge on any atom is 0.237 e. The Hall–Kier alpha value is -1.88. The highest BCUT2D eigenvalue weighted by molar-refractivity contribution is 5.84. The highest BCUT2D eigenvalue weighted by Gasteiger charge is 2.24. The van der Waals surface area contributed by atoms with Crippen LogP contribution in [0.5, 0.6) is 0 Å². The summed E-state index contributed by atoms with van der Waals surface area (Å²) in [6, 6.07) is 8.18. The summed E-state index contributed by atoms with van der Waals surface area (Å²) in [6.45, 7) is 6.17. The van der Waals surface area contributed by atoms with Crippen LogP contribution in [-0.2, 0) is 16.0 Å². The van der Waals surface area contributed by atoms with Crippen LogP contribution in [0.1, 0.15) is 63.1 Å². The Morgan fingerprint density at radius 1 is 1.23 bits per heavy atom. The van der Waals surface area contributed by atoms with Gasteiger partial charge in [0.25, 0.3) is 0 Å². The molecule has 5 nitrogen and oxygen atoms in total. The average molecular weight is 360 g/mol. The van der Waals surface area contributed by atoms with Gasteiger partial charge in [-0.05, 0) is 62.7 Å². The summed E-state index contributed by atoms with van der Waals surface area (Å²) < 4.78 is 0. The van der Waals surface area contributed by atoms with Gasteiger partial charge in [0.05, 0.1) is 12.6 Å². The Kier molecular flexibility index (Phi) is 8.10. The second-order valence-electron chi connectivity index (χ2n) is 7.39.